The summed E-state index contributed by atoms with van der Waals surface area (Å²) >= 11 is 5.90. The lowest BCUT2D eigenvalue weighted by atomic mass is 10.3. The van der Waals surface area contributed by atoms with Gasteiger partial charge in [0.15, 0.2) is 0 Å². The number of nitrogens with zero attached hydrogens (tertiary/aromatic N) is 2. The average molecular weight is 338 g/mol. The number of nitrogens with one attached hydrogen (secondary N) is 1. The van der Waals surface area contributed by atoms with Crippen LogP contribution in [0.25, 0.3) is 0 Å². The minimum absolute atomic E-state index is 0.116. The predicted octanol–water partition coefficient (Wildman–Crippen LogP) is -0.0853. The highest BCUT2D eigenvalue weighted by molar-refractivity contribution is 7.90. The predicted molar refractivity (Wildman–Crippen MR) is 78.3 cm³/mol. The zero-order chi connectivity index (χ0) is 16.2. The quantitative estimate of drug-likeness (QED) is 0.723. The summed E-state index contributed by atoms with van der Waals surface area (Å²) in [5.41, 5.74) is -0.461. The van der Waals surface area contributed by atoms with E-state index in [4.69, 9.17) is 11.6 Å². The molecule has 1 rings (SSSR count). The fraction of sp³-hybridized carbons (Fsp3) is 0.545. The van der Waals surface area contributed by atoms with E-state index >= 15 is 0 Å². The average Bonchev–Trinajstić information content (AvgIpc) is 2.36. The second kappa shape index (κ2) is 6.90. The van der Waals surface area contributed by atoms with Crippen LogP contribution >= 0.6 is 11.6 Å². The lowest BCUT2D eigenvalue weighted by Gasteiger charge is -2.15. The van der Waals surface area contributed by atoms with Gasteiger partial charge >= 0.3 is 5.97 Å². The van der Waals surface area contributed by atoms with Crippen molar-refractivity contribution in [2.24, 2.45) is 0 Å². The van der Waals surface area contributed by atoms with Gasteiger partial charge in [-0.2, -0.15) is 5.10 Å². The number of halogens is 1. The number of carbonyl (C=O) groups excluding carboxylic acids is 1. The van der Waals surface area contributed by atoms with Crippen LogP contribution in [-0.4, -0.2) is 49.3 Å². The maximum absolute atomic E-state index is 11.9. The van der Waals surface area contributed by atoms with Crippen molar-refractivity contribution in [1.82, 2.24) is 9.78 Å². The molecule has 1 heterocycles. The van der Waals surface area contributed by atoms with Gasteiger partial charge in [0, 0.05) is 12.3 Å². The number of anilines is 1. The Bertz CT molecular complexity index is 686. The van der Waals surface area contributed by atoms with E-state index in [-0.39, 0.29) is 23.0 Å². The van der Waals surface area contributed by atoms with Crippen LogP contribution in [0.15, 0.2) is 11.0 Å². The molecule has 0 radical (unpaired) electrons. The standard InChI is InChI=1S/C11H16ClN3O5S/c1-7(6-21(3,18)19)14-8-4-13-15(5-9(16)20-2)11(17)10(8)12/h4,7,14H,5-6H2,1-3H3. The number of aromatic nitrogens is 2. The molecule has 8 nitrogen and oxygen atoms in total. The Balaban J connectivity index is 2.94. The van der Waals surface area contributed by atoms with Crippen molar-refractivity contribution in [3.63, 3.8) is 0 Å². The minimum Gasteiger partial charge on any atom is -0.468 e. The topological polar surface area (TPSA) is 107 Å². The SMILES string of the molecule is COC(=O)Cn1ncc(NC(C)CS(C)(=O)=O)c(Cl)c1=O. The van der Waals surface area contributed by atoms with E-state index in [0.29, 0.717) is 0 Å². The summed E-state index contributed by atoms with van der Waals surface area (Å²) in [5.74, 6) is -0.749. The third-order valence-corrected chi connectivity index (χ3v) is 3.92. The Morgan fingerprint density at radius 3 is 2.71 bits per heavy atom. The minimum atomic E-state index is -3.16. The van der Waals surface area contributed by atoms with E-state index in [2.05, 4.69) is 15.2 Å². The van der Waals surface area contributed by atoms with Gasteiger partial charge in [0.1, 0.15) is 21.4 Å². The Hall–Kier alpha value is -1.61. The van der Waals surface area contributed by atoms with Gasteiger partial charge in [-0.15, -0.1) is 0 Å². The number of esters is 1. The maximum atomic E-state index is 11.9. The van der Waals surface area contributed by atoms with Crippen LogP contribution in [0.4, 0.5) is 5.69 Å². The van der Waals surface area contributed by atoms with Gasteiger partial charge in [-0.3, -0.25) is 9.59 Å². The fourth-order valence-corrected chi connectivity index (χ4v) is 2.82. The van der Waals surface area contributed by atoms with Crippen LogP contribution in [0.2, 0.25) is 5.02 Å². The molecule has 10 heteroatoms. The summed E-state index contributed by atoms with van der Waals surface area (Å²) in [7, 11) is -1.97. The van der Waals surface area contributed by atoms with Crippen LogP contribution in [0, 0.1) is 0 Å². The lowest BCUT2D eigenvalue weighted by Crippen LogP contribution is -2.30. The summed E-state index contributed by atoms with van der Waals surface area (Å²) in [5, 5.41) is 6.41. The Morgan fingerprint density at radius 1 is 1.57 bits per heavy atom. The van der Waals surface area contributed by atoms with Gasteiger partial charge in [-0.25, -0.2) is 13.1 Å². The molecule has 0 bridgehead atoms. The molecule has 118 valence electrons. The molecule has 0 amide bonds. The van der Waals surface area contributed by atoms with E-state index in [0.717, 1.165) is 10.9 Å². The summed E-state index contributed by atoms with van der Waals surface area (Å²) < 4.78 is 27.7. The molecule has 1 N–H and O–H groups in total. The highest BCUT2D eigenvalue weighted by Crippen LogP contribution is 2.16. The van der Waals surface area contributed by atoms with Gasteiger partial charge in [-0.05, 0) is 6.92 Å². The van der Waals surface area contributed by atoms with E-state index in [1.54, 1.807) is 6.92 Å². The number of ether oxygens (including phenoxy) is 1. The largest absolute Gasteiger partial charge is 0.468 e. The Kier molecular flexibility index (Phi) is 5.73. The lowest BCUT2D eigenvalue weighted by molar-refractivity contribution is -0.141. The molecule has 0 saturated carbocycles. The molecule has 1 aromatic rings. The number of methoxy groups -OCH3 is 1. The van der Waals surface area contributed by atoms with Crippen LogP contribution in [0.1, 0.15) is 6.92 Å². The first kappa shape index (κ1) is 17.4. The molecule has 0 aliphatic heterocycles. The first-order valence-corrected chi connectivity index (χ1v) is 8.34. The van der Waals surface area contributed by atoms with Crippen LogP contribution in [0.5, 0.6) is 0 Å². The Morgan fingerprint density at radius 2 is 2.19 bits per heavy atom. The molecule has 0 saturated heterocycles. The van der Waals surface area contributed by atoms with Crippen molar-refractivity contribution < 1.29 is 17.9 Å². The summed E-state index contributed by atoms with van der Waals surface area (Å²) in [6, 6.07) is -0.449. The first-order valence-electron chi connectivity index (χ1n) is 5.90. The van der Waals surface area contributed by atoms with Crippen molar-refractivity contribution in [1.29, 1.82) is 0 Å². The van der Waals surface area contributed by atoms with Crippen molar-refractivity contribution in [2.75, 3.05) is 24.4 Å². The maximum Gasteiger partial charge on any atom is 0.327 e. The molecule has 0 spiro atoms. The van der Waals surface area contributed by atoms with Crippen LogP contribution in [0.3, 0.4) is 0 Å². The normalized spacial score (nSPS) is 12.8. The molecule has 1 atom stereocenters. The zero-order valence-corrected chi connectivity index (χ0v) is 13.4. The third kappa shape index (κ3) is 5.35. The van der Waals surface area contributed by atoms with Crippen molar-refractivity contribution >= 4 is 33.1 Å². The molecular formula is C11H16ClN3O5S. The second-order valence-electron chi connectivity index (χ2n) is 4.55. The van der Waals surface area contributed by atoms with Gasteiger partial charge in [-0.1, -0.05) is 11.6 Å². The highest BCUT2D eigenvalue weighted by atomic mass is 35.5. The molecule has 1 aromatic heterocycles. The second-order valence-corrected chi connectivity index (χ2v) is 7.11. The van der Waals surface area contributed by atoms with Gasteiger partial charge in [0.2, 0.25) is 0 Å². The number of sulfone groups is 1. The van der Waals surface area contributed by atoms with E-state index in [1.807, 2.05) is 0 Å². The van der Waals surface area contributed by atoms with Crippen LogP contribution < -0.4 is 10.9 Å². The molecule has 0 aromatic carbocycles. The monoisotopic (exact) mass is 337 g/mol. The molecule has 0 aliphatic rings. The number of carbonyl (C=O) groups is 1. The van der Waals surface area contributed by atoms with E-state index in [1.165, 1.54) is 13.3 Å². The Labute approximate surface area is 127 Å². The van der Waals surface area contributed by atoms with Crippen molar-refractivity contribution in [2.45, 2.75) is 19.5 Å². The van der Waals surface area contributed by atoms with Gasteiger partial charge < -0.3 is 10.1 Å². The number of rotatable bonds is 6. The summed E-state index contributed by atoms with van der Waals surface area (Å²) in [6.45, 7) is 1.28. The molecule has 21 heavy (non-hydrogen) atoms. The van der Waals surface area contributed by atoms with Gasteiger partial charge in [0.05, 0.1) is 24.7 Å². The summed E-state index contributed by atoms with van der Waals surface area (Å²) in [6.07, 6.45) is 2.37. The highest BCUT2D eigenvalue weighted by Gasteiger charge is 2.15. The number of hydrogen-bond donors (Lipinski definition) is 1. The van der Waals surface area contributed by atoms with Gasteiger partial charge in [0.25, 0.3) is 5.56 Å². The summed E-state index contributed by atoms with van der Waals surface area (Å²) in [4.78, 5) is 23.0. The first-order chi connectivity index (χ1) is 9.64. The molecule has 0 aliphatic carbocycles. The molecular weight excluding hydrogens is 322 g/mol. The van der Waals surface area contributed by atoms with Crippen molar-refractivity contribution in [3.8, 4) is 0 Å². The van der Waals surface area contributed by atoms with E-state index in [9.17, 15) is 18.0 Å². The smallest absolute Gasteiger partial charge is 0.327 e. The third-order valence-electron chi connectivity index (χ3n) is 2.45. The fourth-order valence-electron chi connectivity index (χ4n) is 1.63. The molecule has 1 unspecified atom stereocenters. The molecule has 0 fully saturated rings. The van der Waals surface area contributed by atoms with Crippen LogP contribution in [-0.2, 0) is 25.9 Å². The van der Waals surface area contributed by atoms with Crippen molar-refractivity contribution in [3.05, 3.63) is 21.6 Å². The number of hydrogen-bond acceptors (Lipinski definition) is 7. The van der Waals surface area contributed by atoms with E-state index < -0.39 is 27.4 Å². The zero-order valence-electron chi connectivity index (χ0n) is 11.8.